The molecule has 0 bridgehead atoms. The molecule has 0 saturated heterocycles. The zero-order chi connectivity index (χ0) is 21.1. The number of carbonyl (C=O) groups is 2. The van der Waals surface area contributed by atoms with Crippen molar-refractivity contribution in [3.63, 3.8) is 0 Å². The largest absolute Gasteiger partial charge is 0.494 e. The van der Waals surface area contributed by atoms with Crippen LogP contribution in [0.25, 0.3) is 5.57 Å². The molecule has 0 aromatic heterocycles. The SMILES string of the molecule is CCCCOCCCN1C(=O)C(SCCO)=C(c2ccc(OCCC)cc2)C1=O. The Morgan fingerprint density at radius 2 is 1.69 bits per heavy atom. The summed E-state index contributed by atoms with van der Waals surface area (Å²) < 4.78 is 11.1. The molecular weight excluding hydrogens is 390 g/mol. The van der Waals surface area contributed by atoms with E-state index in [-0.39, 0.29) is 18.4 Å². The Labute approximate surface area is 177 Å². The van der Waals surface area contributed by atoms with Crippen LogP contribution in [0.5, 0.6) is 5.75 Å². The molecule has 29 heavy (non-hydrogen) atoms. The molecular formula is C22H31NO5S. The lowest BCUT2D eigenvalue weighted by Gasteiger charge is -2.15. The summed E-state index contributed by atoms with van der Waals surface area (Å²) in [4.78, 5) is 27.6. The highest BCUT2D eigenvalue weighted by Gasteiger charge is 2.38. The van der Waals surface area contributed by atoms with Crippen LogP contribution in [-0.4, -0.2) is 60.5 Å². The number of thioether (sulfide) groups is 1. The summed E-state index contributed by atoms with van der Waals surface area (Å²) in [7, 11) is 0. The van der Waals surface area contributed by atoms with Crippen LogP contribution in [-0.2, 0) is 14.3 Å². The van der Waals surface area contributed by atoms with Crippen molar-refractivity contribution in [2.45, 2.75) is 39.5 Å². The highest BCUT2D eigenvalue weighted by Crippen LogP contribution is 2.36. The molecule has 0 fully saturated rings. The molecule has 7 heteroatoms. The molecule has 0 unspecified atom stereocenters. The van der Waals surface area contributed by atoms with Crippen LogP contribution in [0.3, 0.4) is 0 Å². The molecule has 1 aliphatic rings. The quantitative estimate of drug-likeness (QED) is 0.366. The van der Waals surface area contributed by atoms with Crippen molar-refractivity contribution in [1.29, 1.82) is 0 Å². The van der Waals surface area contributed by atoms with E-state index in [1.807, 2.05) is 31.2 Å². The van der Waals surface area contributed by atoms with Crippen molar-refractivity contribution < 1.29 is 24.2 Å². The van der Waals surface area contributed by atoms with Crippen molar-refractivity contribution >= 4 is 29.1 Å². The van der Waals surface area contributed by atoms with Crippen LogP contribution in [0.15, 0.2) is 29.2 Å². The second-order valence-electron chi connectivity index (χ2n) is 6.73. The van der Waals surface area contributed by atoms with E-state index in [9.17, 15) is 14.7 Å². The molecule has 2 rings (SSSR count). The number of hydrogen-bond acceptors (Lipinski definition) is 6. The van der Waals surface area contributed by atoms with Gasteiger partial charge in [-0.05, 0) is 37.0 Å². The first-order valence-corrected chi connectivity index (χ1v) is 11.3. The second-order valence-corrected chi connectivity index (χ2v) is 7.84. The molecule has 0 atom stereocenters. The first-order chi connectivity index (χ1) is 14.1. The predicted octanol–water partition coefficient (Wildman–Crippen LogP) is 3.49. The Kier molecular flexibility index (Phi) is 10.2. The molecule has 1 N–H and O–H groups in total. The van der Waals surface area contributed by atoms with Gasteiger partial charge >= 0.3 is 0 Å². The Bertz CT molecular complexity index is 702. The van der Waals surface area contributed by atoms with Crippen molar-refractivity contribution in [2.75, 3.05) is 38.7 Å². The summed E-state index contributed by atoms with van der Waals surface area (Å²) in [5, 5.41) is 9.18. The molecule has 6 nitrogen and oxygen atoms in total. The van der Waals surface area contributed by atoms with Crippen molar-refractivity contribution in [3.8, 4) is 5.75 Å². The first-order valence-electron chi connectivity index (χ1n) is 10.3. The Morgan fingerprint density at radius 3 is 2.34 bits per heavy atom. The number of benzene rings is 1. The van der Waals surface area contributed by atoms with E-state index >= 15 is 0 Å². The van der Waals surface area contributed by atoms with E-state index in [2.05, 4.69) is 6.92 Å². The smallest absolute Gasteiger partial charge is 0.267 e. The maximum atomic E-state index is 13.0. The number of carbonyl (C=O) groups excluding carboxylic acids is 2. The van der Waals surface area contributed by atoms with Gasteiger partial charge in [0.05, 0.1) is 23.7 Å². The molecule has 2 amide bonds. The lowest BCUT2D eigenvalue weighted by molar-refractivity contribution is -0.136. The minimum Gasteiger partial charge on any atom is -0.494 e. The van der Waals surface area contributed by atoms with Gasteiger partial charge in [-0.1, -0.05) is 32.4 Å². The summed E-state index contributed by atoms with van der Waals surface area (Å²) in [6, 6.07) is 7.24. The van der Waals surface area contributed by atoms with Crippen LogP contribution >= 0.6 is 11.8 Å². The predicted molar refractivity (Wildman–Crippen MR) is 116 cm³/mol. The van der Waals surface area contributed by atoms with Crippen molar-refractivity contribution in [2.24, 2.45) is 0 Å². The number of ether oxygens (including phenoxy) is 2. The highest BCUT2D eigenvalue weighted by atomic mass is 32.2. The van der Waals surface area contributed by atoms with Gasteiger partial charge in [-0.25, -0.2) is 0 Å². The van der Waals surface area contributed by atoms with Crippen LogP contribution in [0, 0.1) is 0 Å². The molecule has 1 aliphatic heterocycles. The lowest BCUT2D eigenvalue weighted by atomic mass is 10.1. The van der Waals surface area contributed by atoms with E-state index in [0.717, 1.165) is 25.0 Å². The van der Waals surface area contributed by atoms with Gasteiger partial charge in [0, 0.05) is 25.5 Å². The lowest BCUT2D eigenvalue weighted by Crippen LogP contribution is -2.33. The van der Waals surface area contributed by atoms with Gasteiger partial charge in [0.15, 0.2) is 0 Å². The topological polar surface area (TPSA) is 76.1 Å². The molecule has 0 spiro atoms. The van der Waals surface area contributed by atoms with Gasteiger partial charge in [-0.15, -0.1) is 11.8 Å². The molecule has 0 radical (unpaired) electrons. The third kappa shape index (κ3) is 6.59. The number of amides is 2. The summed E-state index contributed by atoms with van der Waals surface area (Å²) >= 11 is 1.23. The molecule has 1 aromatic rings. The number of imide groups is 1. The van der Waals surface area contributed by atoms with Crippen molar-refractivity contribution in [1.82, 2.24) is 4.90 Å². The monoisotopic (exact) mass is 421 g/mol. The average Bonchev–Trinajstić information content (AvgIpc) is 2.97. The molecule has 0 aliphatic carbocycles. The van der Waals surface area contributed by atoms with Gasteiger partial charge in [0.25, 0.3) is 11.8 Å². The third-order valence-electron chi connectivity index (χ3n) is 4.39. The van der Waals surface area contributed by atoms with Gasteiger partial charge < -0.3 is 14.6 Å². The van der Waals surface area contributed by atoms with Crippen LogP contribution in [0.4, 0.5) is 0 Å². The average molecular weight is 422 g/mol. The molecule has 1 heterocycles. The van der Waals surface area contributed by atoms with E-state index in [4.69, 9.17) is 9.47 Å². The summed E-state index contributed by atoms with van der Waals surface area (Å²) in [5.41, 5.74) is 1.09. The summed E-state index contributed by atoms with van der Waals surface area (Å²) in [5.74, 6) is 0.525. The molecule has 0 saturated carbocycles. The maximum Gasteiger partial charge on any atom is 0.267 e. The highest BCUT2D eigenvalue weighted by molar-refractivity contribution is 8.04. The number of rotatable bonds is 14. The van der Waals surface area contributed by atoms with Gasteiger partial charge in [0.2, 0.25) is 0 Å². The molecule has 160 valence electrons. The zero-order valence-corrected chi connectivity index (χ0v) is 18.1. The minimum absolute atomic E-state index is 0.0576. The number of nitrogens with zero attached hydrogens (tertiary/aromatic N) is 1. The number of aliphatic hydroxyl groups excluding tert-OH is 1. The van der Waals surface area contributed by atoms with E-state index < -0.39 is 0 Å². The van der Waals surface area contributed by atoms with Crippen molar-refractivity contribution in [3.05, 3.63) is 34.7 Å². The van der Waals surface area contributed by atoms with E-state index in [0.29, 0.717) is 54.6 Å². The van der Waals surface area contributed by atoms with E-state index in [1.165, 1.54) is 16.7 Å². The Balaban J connectivity index is 2.10. The van der Waals surface area contributed by atoms with Crippen LogP contribution < -0.4 is 4.74 Å². The Hall–Kier alpha value is -1.83. The first kappa shape index (κ1) is 23.4. The fraction of sp³-hybridized carbons (Fsp3) is 0.545. The second kappa shape index (κ2) is 12.7. The normalized spacial score (nSPS) is 14.2. The van der Waals surface area contributed by atoms with Crippen LogP contribution in [0.2, 0.25) is 0 Å². The molecule has 1 aromatic carbocycles. The van der Waals surface area contributed by atoms with Crippen LogP contribution in [0.1, 0.15) is 45.1 Å². The maximum absolute atomic E-state index is 13.0. The van der Waals surface area contributed by atoms with Gasteiger partial charge in [0.1, 0.15) is 5.75 Å². The Morgan fingerprint density at radius 1 is 0.966 bits per heavy atom. The fourth-order valence-corrected chi connectivity index (χ4v) is 3.78. The number of hydrogen-bond donors (Lipinski definition) is 1. The fourth-order valence-electron chi connectivity index (χ4n) is 2.90. The zero-order valence-electron chi connectivity index (χ0n) is 17.3. The summed E-state index contributed by atoms with van der Waals surface area (Å²) in [6.45, 7) is 6.26. The minimum atomic E-state index is -0.289. The van der Waals surface area contributed by atoms with E-state index in [1.54, 1.807) is 0 Å². The number of aliphatic hydroxyl groups is 1. The third-order valence-corrected chi connectivity index (χ3v) is 5.45. The summed E-state index contributed by atoms with van der Waals surface area (Å²) in [6.07, 6.45) is 3.60. The standard InChI is InChI=1S/C22H31NO5S/c1-3-5-14-27-15-6-11-23-21(25)19(20(22(23)26)29-16-12-24)17-7-9-18(10-8-17)28-13-4-2/h7-10,24H,3-6,11-16H2,1-2H3. The van der Waals surface area contributed by atoms with Gasteiger partial charge in [-0.3, -0.25) is 14.5 Å². The van der Waals surface area contributed by atoms with Gasteiger partial charge in [-0.2, -0.15) is 0 Å². The number of unbranched alkanes of at least 4 members (excludes halogenated alkanes) is 1.